The van der Waals surface area contributed by atoms with Crippen molar-refractivity contribution in [2.75, 3.05) is 0 Å². The van der Waals surface area contributed by atoms with E-state index in [2.05, 4.69) is 184 Å². The van der Waals surface area contributed by atoms with Crippen LogP contribution in [0.4, 0.5) is 0 Å². The molecule has 266 valence electrons. The van der Waals surface area contributed by atoms with Crippen molar-refractivity contribution in [2.45, 2.75) is 52.4 Å². The lowest BCUT2D eigenvalue weighted by atomic mass is 9.94. The van der Waals surface area contributed by atoms with E-state index in [1.807, 2.05) is 0 Å². The lowest BCUT2D eigenvalue weighted by molar-refractivity contribution is 0.820. The molecule has 2 atom stereocenters. The van der Waals surface area contributed by atoms with Gasteiger partial charge < -0.3 is 0 Å². The molecule has 0 amide bonds. The number of benzene rings is 8. The van der Waals surface area contributed by atoms with E-state index in [0.717, 1.165) is 25.7 Å². The molecule has 8 aromatic carbocycles. The van der Waals surface area contributed by atoms with Crippen LogP contribution in [0.5, 0.6) is 0 Å². The molecule has 0 fully saturated rings. The van der Waals surface area contributed by atoms with E-state index in [1.165, 1.54) is 100 Å². The van der Waals surface area contributed by atoms with Crippen LogP contribution in [-0.2, 0) is 25.7 Å². The highest BCUT2D eigenvalue weighted by Gasteiger charge is 2.15. The predicted molar refractivity (Wildman–Crippen MR) is 241 cm³/mol. The second kappa shape index (κ2) is 17.1. The third kappa shape index (κ3) is 8.91. The number of rotatable bonds is 13. The van der Waals surface area contributed by atoms with Gasteiger partial charge in [-0.25, -0.2) is 0 Å². The maximum absolute atomic E-state index is 2.49. The second-order valence-electron chi connectivity index (χ2n) is 14.8. The van der Waals surface area contributed by atoms with Crippen LogP contribution in [0.15, 0.2) is 170 Å². The molecule has 0 spiro atoms. The smallest absolute Gasteiger partial charge is 0.00212 e. The molecule has 0 bridgehead atoms. The summed E-state index contributed by atoms with van der Waals surface area (Å²) in [5.41, 5.74) is 11.1. The molecule has 8 rings (SSSR count). The van der Waals surface area contributed by atoms with Crippen molar-refractivity contribution in [3.05, 3.63) is 203 Å². The third-order valence-electron chi connectivity index (χ3n) is 10.6. The lowest BCUT2D eigenvalue weighted by Crippen LogP contribution is -2.10. The Labute approximate surface area is 325 Å². The highest BCUT2D eigenvalue weighted by Crippen LogP contribution is 2.36. The maximum Gasteiger partial charge on any atom is -0.00212 e. The molecular weight excluding hydrogens is 687 g/mol. The minimum absolute atomic E-state index is 0.571. The van der Waals surface area contributed by atoms with E-state index in [1.54, 1.807) is 0 Å². The monoisotopic (exact) mass is 734 g/mol. The standard InChI is InChI=1S/C52H48P2/c1-37-17-21-39(22-18-37)9-7-11-41-25-30-45(31-26-41)53-47-35-44-14-4-5-15-48(44)50(36-47)52-49-16-6-3-13-43(49)29-34-51(52)54-46-32-27-42(28-33-46)12-8-10-40-23-19-38(2)20-24-40/h3-6,13-36,53-54H,7-12H2,1-2H3. The first kappa shape index (κ1) is 36.1. The highest BCUT2D eigenvalue weighted by atomic mass is 31.1. The Kier molecular flexibility index (Phi) is 11.4. The van der Waals surface area contributed by atoms with Gasteiger partial charge in [0.25, 0.3) is 0 Å². The normalized spacial score (nSPS) is 11.8. The van der Waals surface area contributed by atoms with E-state index >= 15 is 0 Å². The molecule has 2 heteroatoms. The largest absolute Gasteiger partial charge is 0.0616 e. The summed E-state index contributed by atoms with van der Waals surface area (Å²) in [6.07, 6.45) is 6.81. The molecule has 0 aliphatic rings. The molecule has 0 radical (unpaired) electrons. The highest BCUT2D eigenvalue weighted by molar-refractivity contribution is 7.56. The van der Waals surface area contributed by atoms with E-state index in [-0.39, 0.29) is 0 Å². The van der Waals surface area contributed by atoms with Crippen molar-refractivity contribution in [1.82, 2.24) is 0 Å². The van der Waals surface area contributed by atoms with Crippen LogP contribution in [0, 0.1) is 13.8 Å². The fourth-order valence-corrected chi connectivity index (χ4v) is 9.91. The van der Waals surface area contributed by atoms with Gasteiger partial charge in [0.2, 0.25) is 0 Å². The quantitative estimate of drug-likeness (QED) is 0.104. The predicted octanol–water partition coefficient (Wildman–Crippen LogP) is 11.9. The molecule has 0 saturated carbocycles. The summed E-state index contributed by atoms with van der Waals surface area (Å²) < 4.78 is 0. The summed E-state index contributed by atoms with van der Waals surface area (Å²) in [6, 6.07) is 64.3. The summed E-state index contributed by atoms with van der Waals surface area (Å²) in [4.78, 5) is 0. The van der Waals surface area contributed by atoms with Gasteiger partial charge in [-0.05, 0) is 141 Å². The van der Waals surface area contributed by atoms with Crippen LogP contribution in [-0.4, -0.2) is 0 Å². The van der Waals surface area contributed by atoms with E-state index in [9.17, 15) is 0 Å². The fraction of sp³-hybridized carbons (Fsp3) is 0.154. The Hall–Kier alpha value is -4.86. The van der Waals surface area contributed by atoms with Gasteiger partial charge in [-0.3, -0.25) is 0 Å². The zero-order chi connectivity index (χ0) is 36.7. The second-order valence-corrected chi connectivity index (χ2v) is 17.5. The Morgan fingerprint density at radius 2 is 0.833 bits per heavy atom. The Morgan fingerprint density at radius 1 is 0.370 bits per heavy atom. The van der Waals surface area contributed by atoms with Gasteiger partial charge >= 0.3 is 0 Å². The molecule has 0 nitrogen and oxygen atoms in total. The topological polar surface area (TPSA) is 0 Å². The van der Waals surface area contributed by atoms with Crippen molar-refractivity contribution < 1.29 is 0 Å². The van der Waals surface area contributed by atoms with Crippen LogP contribution >= 0.6 is 17.2 Å². The Balaban J connectivity index is 1.04. The average molecular weight is 735 g/mol. The summed E-state index contributed by atoms with van der Waals surface area (Å²) >= 11 is 0. The van der Waals surface area contributed by atoms with Crippen molar-refractivity contribution in [3.63, 3.8) is 0 Å². The number of aryl methyl sites for hydroxylation is 6. The summed E-state index contributed by atoms with van der Waals surface area (Å²) in [5.74, 6) is 0. The van der Waals surface area contributed by atoms with Crippen LogP contribution in [0.25, 0.3) is 32.7 Å². The minimum atomic E-state index is 0.571. The first-order chi connectivity index (χ1) is 26.5. The van der Waals surface area contributed by atoms with Crippen LogP contribution in [0.2, 0.25) is 0 Å². The van der Waals surface area contributed by atoms with E-state index < -0.39 is 0 Å². The SMILES string of the molecule is Cc1ccc(CCCc2ccc(Pc3cc(-c4c(Pc5ccc(CCCc6ccc(C)cc6)cc5)ccc5ccccc45)c4ccccc4c3)cc2)cc1. The van der Waals surface area contributed by atoms with Crippen molar-refractivity contribution in [3.8, 4) is 11.1 Å². The molecule has 0 heterocycles. The van der Waals surface area contributed by atoms with Crippen LogP contribution in [0.3, 0.4) is 0 Å². The van der Waals surface area contributed by atoms with Gasteiger partial charge in [0.05, 0.1) is 0 Å². The van der Waals surface area contributed by atoms with Gasteiger partial charge in [-0.1, -0.05) is 186 Å². The number of hydrogen-bond acceptors (Lipinski definition) is 0. The molecule has 54 heavy (non-hydrogen) atoms. The van der Waals surface area contributed by atoms with Crippen molar-refractivity contribution >= 4 is 59.9 Å². The van der Waals surface area contributed by atoms with Gasteiger partial charge in [0.15, 0.2) is 0 Å². The summed E-state index contributed by atoms with van der Waals surface area (Å²) in [6.45, 7) is 4.31. The molecule has 0 aromatic heterocycles. The van der Waals surface area contributed by atoms with Gasteiger partial charge in [0.1, 0.15) is 0 Å². The Bertz CT molecular complexity index is 2480. The molecule has 0 aliphatic carbocycles. The fourth-order valence-electron chi connectivity index (χ4n) is 7.59. The van der Waals surface area contributed by atoms with Crippen molar-refractivity contribution in [2.24, 2.45) is 0 Å². The minimum Gasteiger partial charge on any atom is -0.0616 e. The molecule has 0 aliphatic heterocycles. The zero-order valence-electron chi connectivity index (χ0n) is 31.4. The molecule has 0 N–H and O–H groups in total. The van der Waals surface area contributed by atoms with E-state index in [0.29, 0.717) is 17.2 Å². The summed E-state index contributed by atoms with van der Waals surface area (Å²) in [7, 11) is 1.16. The maximum atomic E-state index is 2.49. The van der Waals surface area contributed by atoms with E-state index in [4.69, 9.17) is 0 Å². The first-order valence-electron chi connectivity index (χ1n) is 19.4. The van der Waals surface area contributed by atoms with Gasteiger partial charge in [-0.15, -0.1) is 0 Å². The molecule has 2 unspecified atom stereocenters. The van der Waals surface area contributed by atoms with Crippen LogP contribution in [0.1, 0.15) is 46.2 Å². The zero-order valence-corrected chi connectivity index (χ0v) is 33.4. The summed E-state index contributed by atoms with van der Waals surface area (Å²) in [5, 5.41) is 10.8. The van der Waals surface area contributed by atoms with Crippen molar-refractivity contribution in [1.29, 1.82) is 0 Å². The lowest BCUT2D eigenvalue weighted by Gasteiger charge is -2.18. The van der Waals surface area contributed by atoms with Gasteiger partial charge in [0, 0.05) is 0 Å². The molecule has 8 aromatic rings. The average Bonchev–Trinajstić information content (AvgIpc) is 3.20. The van der Waals surface area contributed by atoms with Crippen LogP contribution < -0.4 is 21.2 Å². The molecular formula is C52H48P2. The number of fused-ring (bicyclic) bond motifs is 2. The molecule has 0 saturated heterocycles. The first-order valence-corrected chi connectivity index (χ1v) is 21.4. The Morgan fingerprint density at radius 3 is 1.39 bits per heavy atom. The van der Waals surface area contributed by atoms with Gasteiger partial charge in [-0.2, -0.15) is 0 Å². The number of hydrogen-bond donors (Lipinski definition) is 0. The third-order valence-corrected chi connectivity index (χ3v) is 13.1.